The summed E-state index contributed by atoms with van der Waals surface area (Å²) in [4.78, 5) is 12.3. The van der Waals surface area contributed by atoms with Gasteiger partial charge in [0.25, 0.3) is 0 Å². The minimum atomic E-state index is 0.569. The molecule has 0 saturated heterocycles. The molecule has 0 atom stereocenters. The lowest BCUT2D eigenvalue weighted by Crippen LogP contribution is -2.16. The van der Waals surface area contributed by atoms with Crippen molar-refractivity contribution in [1.29, 1.82) is 0 Å². The number of likely N-dealkylation sites (N-methyl/N-ethyl adjacent to an activating group) is 1. The summed E-state index contributed by atoms with van der Waals surface area (Å²) in [5.41, 5.74) is 0.949. The second kappa shape index (κ2) is 3.00. The molecule has 56 valence electrons. The molecular weight excluding hydrogens is 126 g/mol. The summed E-state index contributed by atoms with van der Waals surface area (Å²) in [6, 6.07) is 0. The van der Waals surface area contributed by atoms with Gasteiger partial charge in [0.05, 0.1) is 0 Å². The lowest BCUT2D eigenvalue weighted by Gasteiger charge is -2.08. The Morgan fingerprint density at radius 2 is 2.20 bits per heavy atom. The summed E-state index contributed by atoms with van der Waals surface area (Å²) in [6.45, 7) is 0.786. The third-order valence-electron chi connectivity index (χ3n) is 1.69. The fraction of sp³-hybridized carbons (Fsp3) is 0.750. The van der Waals surface area contributed by atoms with Crippen LogP contribution in [0.3, 0.4) is 0 Å². The first-order valence-electron chi connectivity index (χ1n) is 3.62. The van der Waals surface area contributed by atoms with Gasteiger partial charge >= 0.3 is 0 Å². The Hall–Kier alpha value is -0.590. The number of rotatable bonds is 3. The Morgan fingerprint density at radius 3 is 2.50 bits per heavy atom. The van der Waals surface area contributed by atoms with Crippen molar-refractivity contribution in [3.8, 4) is 0 Å². The van der Waals surface area contributed by atoms with Gasteiger partial charge in [0.15, 0.2) is 0 Å². The molecule has 1 aliphatic rings. The van der Waals surface area contributed by atoms with Crippen molar-refractivity contribution in [2.24, 2.45) is 5.92 Å². The zero-order chi connectivity index (χ0) is 7.56. The van der Waals surface area contributed by atoms with Gasteiger partial charge in [-0.25, -0.2) is 4.79 Å². The molecule has 0 aromatic carbocycles. The molecule has 2 nitrogen and oxygen atoms in total. The Bertz CT molecular complexity index is 164. The normalized spacial score (nSPS) is 17.1. The largest absolute Gasteiger partial charge is 0.305 e. The molecule has 10 heavy (non-hydrogen) atoms. The molecule has 0 unspecified atom stereocenters. The number of nitrogens with zero attached hydrogens (tertiary/aromatic N) is 1. The Kier molecular flexibility index (Phi) is 2.25. The van der Waals surface area contributed by atoms with E-state index in [2.05, 4.69) is 0 Å². The molecule has 0 heterocycles. The molecule has 1 fully saturated rings. The number of carbonyl (C=O) groups excluding carboxylic acids is 1. The average molecular weight is 139 g/mol. The van der Waals surface area contributed by atoms with E-state index in [1.165, 1.54) is 12.8 Å². The van der Waals surface area contributed by atoms with Crippen molar-refractivity contribution < 1.29 is 4.79 Å². The highest BCUT2D eigenvalue weighted by Gasteiger charge is 2.26. The quantitative estimate of drug-likeness (QED) is 0.537. The second-order valence-corrected chi connectivity index (χ2v) is 3.14. The Labute approximate surface area is 61.5 Å². The molecule has 0 aliphatic heterocycles. The van der Waals surface area contributed by atoms with Crippen LogP contribution in [-0.4, -0.2) is 31.5 Å². The third kappa shape index (κ3) is 1.98. The Morgan fingerprint density at radius 1 is 1.60 bits per heavy atom. The smallest absolute Gasteiger partial charge is 0.125 e. The van der Waals surface area contributed by atoms with Crippen molar-refractivity contribution in [1.82, 2.24) is 4.90 Å². The molecule has 0 radical (unpaired) electrons. The van der Waals surface area contributed by atoms with Crippen molar-refractivity contribution in [2.45, 2.75) is 12.8 Å². The van der Waals surface area contributed by atoms with Gasteiger partial charge in [-0.2, -0.15) is 0 Å². The van der Waals surface area contributed by atoms with Crippen LogP contribution >= 0.6 is 0 Å². The van der Waals surface area contributed by atoms with E-state index in [1.54, 1.807) is 0 Å². The highest BCUT2D eigenvalue weighted by Crippen LogP contribution is 2.35. The molecule has 0 spiro atoms. The lowest BCUT2D eigenvalue weighted by molar-refractivity contribution is 0.436. The zero-order valence-electron chi connectivity index (χ0n) is 6.55. The van der Waals surface area contributed by atoms with Crippen molar-refractivity contribution >= 4 is 5.94 Å². The van der Waals surface area contributed by atoms with E-state index in [4.69, 9.17) is 0 Å². The molecule has 0 aromatic rings. The van der Waals surface area contributed by atoms with Crippen LogP contribution in [0.1, 0.15) is 12.8 Å². The van der Waals surface area contributed by atoms with Gasteiger partial charge in [-0.15, -0.1) is 0 Å². The maximum Gasteiger partial charge on any atom is 0.125 e. The van der Waals surface area contributed by atoms with Crippen LogP contribution in [0.4, 0.5) is 0 Å². The molecule has 0 aromatic heterocycles. The Balaban J connectivity index is 2.41. The molecular formula is C8H13NO. The highest BCUT2D eigenvalue weighted by molar-refractivity contribution is 5.55. The van der Waals surface area contributed by atoms with Gasteiger partial charge < -0.3 is 4.90 Å². The first-order chi connectivity index (χ1) is 4.74. The van der Waals surface area contributed by atoms with Crippen LogP contribution in [0.25, 0.3) is 0 Å². The first kappa shape index (κ1) is 7.52. The summed E-state index contributed by atoms with van der Waals surface area (Å²) < 4.78 is 0. The summed E-state index contributed by atoms with van der Waals surface area (Å²) in [5, 5.41) is 0. The molecule has 1 saturated carbocycles. The highest BCUT2D eigenvalue weighted by atomic mass is 16.1. The van der Waals surface area contributed by atoms with E-state index in [9.17, 15) is 4.79 Å². The van der Waals surface area contributed by atoms with E-state index >= 15 is 0 Å². The van der Waals surface area contributed by atoms with Crippen LogP contribution in [-0.2, 0) is 4.79 Å². The van der Waals surface area contributed by atoms with Gasteiger partial charge in [0, 0.05) is 12.1 Å². The predicted octanol–water partition coefficient (Wildman–Crippen LogP) is 0.716. The third-order valence-corrected chi connectivity index (χ3v) is 1.69. The molecule has 0 N–H and O–H groups in total. The molecule has 1 aliphatic carbocycles. The van der Waals surface area contributed by atoms with Crippen LogP contribution < -0.4 is 0 Å². The summed E-state index contributed by atoms with van der Waals surface area (Å²) in [7, 11) is 3.94. The molecule has 1 rings (SSSR count). The molecule has 2 heteroatoms. The van der Waals surface area contributed by atoms with Crippen molar-refractivity contribution in [2.75, 3.05) is 20.6 Å². The second-order valence-electron chi connectivity index (χ2n) is 3.14. The van der Waals surface area contributed by atoms with Crippen LogP contribution in [0.2, 0.25) is 0 Å². The summed E-state index contributed by atoms with van der Waals surface area (Å²) >= 11 is 0. The van der Waals surface area contributed by atoms with Crippen molar-refractivity contribution in [3.05, 3.63) is 5.57 Å². The van der Waals surface area contributed by atoms with Crippen LogP contribution in [0.15, 0.2) is 5.57 Å². The van der Waals surface area contributed by atoms with Crippen LogP contribution in [0, 0.1) is 5.92 Å². The fourth-order valence-electron chi connectivity index (χ4n) is 1.02. The van der Waals surface area contributed by atoms with E-state index in [1.807, 2.05) is 24.9 Å². The minimum absolute atomic E-state index is 0.569. The lowest BCUT2D eigenvalue weighted by atomic mass is 10.2. The number of hydrogen-bond acceptors (Lipinski definition) is 2. The minimum Gasteiger partial charge on any atom is -0.305 e. The van der Waals surface area contributed by atoms with Gasteiger partial charge in [0.1, 0.15) is 5.94 Å². The van der Waals surface area contributed by atoms with E-state index in [-0.39, 0.29) is 0 Å². The first-order valence-corrected chi connectivity index (χ1v) is 3.62. The zero-order valence-corrected chi connectivity index (χ0v) is 6.55. The fourth-order valence-corrected chi connectivity index (χ4v) is 1.02. The summed E-state index contributed by atoms with van der Waals surface area (Å²) in [6.07, 6.45) is 2.39. The van der Waals surface area contributed by atoms with E-state index in [0.717, 1.165) is 12.1 Å². The molecule has 0 bridgehead atoms. The SMILES string of the molecule is CN(C)CC(=C=O)C1CC1. The monoisotopic (exact) mass is 139 g/mol. The van der Waals surface area contributed by atoms with Crippen molar-refractivity contribution in [3.63, 3.8) is 0 Å². The topological polar surface area (TPSA) is 20.3 Å². The number of hydrogen-bond donors (Lipinski definition) is 0. The summed E-state index contributed by atoms with van der Waals surface area (Å²) in [5.74, 6) is 2.59. The molecule has 0 amide bonds. The predicted molar refractivity (Wildman–Crippen MR) is 40.5 cm³/mol. The van der Waals surface area contributed by atoms with E-state index in [0.29, 0.717) is 5.92 Å². The standard InChI is InChI=1S/C8H13NO/c1-9(2)5-8(6-10)7-3-4-7/h7H,3-5H2,1-2H3. The maximum absolute atomic E-state index is 10.3. The average Bonchev–Trinajstić information content (AvgIpc) is 2.63. The van der Waals surface area contributed by atoms with Crippen LogP contribution in [0.5, 0.6) is 0 Å². The maximum atomic E-state index is 10.3. The van der Waals surface area contributed by atoms with Gasteiger partial charge in [-0.3, -0.25) is 0 Å². The van der Waals surface area contributed by atoms with Gasteiger partial charge in [-0.1, -0.05) is 0 Å². The van der Waals surface area contributed by atoms with E-state index < -0.39 is 0 Å². The van der Waals surface area contributed by atoms with Gasteiger partial charge in [0.2, 0.25) is 0 Å². The van der Waals surface area contributed by atoms with Gasteiger partial charge in [-0.05, 0) is 32.9 Å².